The minimum absolute atomic E-state index is 0.189. The van der Waals surface area contributed by atoms with Crippen molar-refractivity contribution in [2.24, 2.45) is 0 Å². The van der Waals surface area contributed by atoms with Crippen LogP contribution in [0.5, 0.6) is 0 Å². The number of carbonyl (C=O) groups is 3. The fourth-order valence-electron chi connectivity index (χ4n) is 3.15. The molecule has 1 saturated heterocycles. The molecular weight excluding hydrogens is 421 g/mol. The largest absolute Gasteiger partial charge is 0.447 e. The van der Waals surface area contributed by atoms with Crippen LogP contribution in [0.25, 0.3) is 0 Å². The number of nitrogens with one attached hydrogen (secondary N) is 2. The van der Waals surface area contributed by atoms with E-state index in [-0.39, 0.29) is 11.5 Å². The summed E-state index contributed by atoms with van der Waals surface area (Å²) in [7, 11) is 0. The van der Waals surface area contributed by atoms with E-state index in [2.05, 4.69) is 10.6 Å². The van der Waals surface area contributed by atoms with E-state index < -0.39 is 17.8 Å². The van der Waals surface area contributed by atoms with Crippen LogP contribution in [0.4, 0.5) is 25.6 Å². The molecule has 2 aromatic carbocycles. The van der Waals surface area contributed by atoms with Crippen molar-refractivity contribution in [3.63, 3.8) is 0 Å². The van der Waals surface area contributed by atoms with E-state index in [1.807, 2.05) is 0 Å². The van der Waals surface area contributed by atoms with Gasteiger partial charge in [-0.3, -0.25) is 14.5 Å². The summed E-state index contributed by atoms with van der Waals surface area (Å²) in [4.78, 5) is 38.8. The predicted molar refractivity (Wildman–Crippen MR) is 116 cm³/mol. The Morgan fingerprint density at radius 2 is 1.87 bits per heavy atom. The summed E-state index contributed by atoms with van der Waals surface area (Å²) in [5.74, 6) is -1.30. The van der Waals surface area contributed by atoms with Gasteiger partial charge in [-0.1, -0.05) is 12.1 Å². The van der Waals surface area contributed by atoms with E-state index in [1.54, 1.807) is 37.3 Å². The lowest BCUT2D eigenvalue weighted by atomic mass is 10.2. The Morgan fingerprint density at radius 3 is 2.61 bits per heavy atom. The Hall–Kier alpha value is -3.72. The fourth-order valence-corrected chi connectivity index (χ4v) is 4.11. The van der Waals surface area contributed by atoms with Gasteiger partial charge >= 0.3 is 6.09 Å². The van der Waals surface area contributed by atoms with Gasteiger partial charge in [0.25, 0.3) is 11.8 Å². The van der Waals surface area contributed by atoms with Gasteiger partial charge in [-0.15, -0.1) is 11.3 Å². The van der Waals surface area contributed by atoms with Crippen LogP contribution in [0.2, 0.25) is 0 Å². The molecule has 0 saturated carbocycles. The van der Waals surface area contributed by atoms with E-state index in [0.29, 0.717) is 40.0 Å². The molecule has 0 atom stereocenters. The van der Waals surface area contributed by atoms with Crippen LogP contribution < -0.4 is 15.5 Å². The zero-order chi connectivity index (χ0) is 22.0. The summed E-state index contributed by atoms with van der Waals surface area (Å²) in [5, 5.41) is 5.98. The topological polar surface area (TPSA) is 87.7 Å². The third kappa shape index (κ3) is 4.56. The van der Waals surface area contributed by atoms with Gasteiger partial charge in [0.2, 0.25) is 0 Å². The monoisotopic (exact) mass is 439 g/mol. The zero-order valence-electron chi connectivity index (χ0n) is 16.5. The molecule has 9 heteroatoms. The van der Waals surface area contributed by atoms with E-state index in [9.17, 15) is 18.8 Å². The number of aryl methyl sites for hydroxylation is 1. The van der Waals surface area contributed by atoms with Crippen molar-refractivity contribution in [3.05, 3.63) is 76.4 Å². The zero-order valence-corrected chi connectivity index (χ0v) is 17.3. The molecule has 1 aliphatic rings. The Kier molecular flexibility index (Phi) is 5.68. The lowest BCUT2D eigenvalue weighted by molar-refractivity contribution is 0.101. The van der Waals surface area contributed by atoms with Gasteiger partial charge in [0.1, 0.15) is 12.4 Å². The minimum atomic E-state index is -0.500. The first kappa shape index (κ1) is 20.5. The first-order valence-electron chi connectivity index (χ1n) is 9.44. The summed E-state index contributed by atoms with van der Waals surface area (Å²) >= 11 is 1.12. The second-order valence-electron chi connectivity index (χ2n) is 6.86. The Bertz CT molecular complexity index is 1180. The van der Waals surface area contributed by atoms with Crippen molar-refractivity contribution >= 4 is 45.6 Å². The number of nitrogens with zero attached hydrogens (tertiary/aromatic N) is 1. The SMILES string of the molecule is Cc1cc(NC(=O)c2cccc(F)c2)sc1C(=O)Nc1cccc(N2CCOC2=O)c1. The molecule has 0 unspecified atom stereocenters. The number of hydrogen-bond donors (Lipinski definition) is 2. The maximum absolute atomic E-state index is 13.3. The summed E-state index contributed by atoms with van der Waals surface area (Å²) in [5.41, 5.74) is 2.04. The normalized spacial score (nSPS) is 13.1. The molecular formula is C22H18FN3O4S. The number of amides is 3. The second-order valence-corrected chi connectivity index (χ2v) is 7.91. The molecule has 0 spiro atoms. The number of thiophene rings is 1. The van der Waals surface area contributed by atoms with Crippen molar-refractivity contribution in [2.45, 2.75) is 6.92 Å². The lowest BCUT2D eigenvalue weighted by Gasteiger charge is -2.14. The highest BCUT2D eigenvalue weighted by atomic mass is 32.1. The van der Waals surface area contributed by atoms with Gasteiger partial charge in [-0.2, -0.15) is 0 Å². The molecule has 1 fully saturated rings. The maximum Gasteiger partial charge on any atom is 0.414 e. The third-order valence-electron chi connectivity index (χ3n) is 4.62. The highest BCUT2D eigenvalue weighted by Crippen LogP contribution is 2.29. The van der Waals surface area contributed by atoms with Gasteiger partial charge in [-0.25, -0.2) is 9.18 Å². The smallest absolute Gasteiger partial charge is 0.414 e. The maximum atomic E-state index is 13.3. The van der Waals surface area contributed by atoms with E-state index >= 15 is 0 Å². The Labute approximate surface area is 181 Å². The van der Waals surface area contributed by atoms with Crippen LogP contribution in [0.3, 0.4) is 0 Å². The molecule has 3 aromatic rings. The first-order chi connectivity index (χ1) is 14.9. The van der Waals surface area contributed by atoms with E-state index in [1.165, 1.54) is 23.1 Å². The number of ether oxygens (including phenoxy) is 1. The van der Waals surface area contributed by atoms with Gasteiger partial charge < -0.3 is 15.4 Å². The molecule has 3 amide bonds. The number of hydrogen-bond acceptors (Lipinski definition) is 5. The number of benzene rings is 2. The van der Waals surface area contributed by atoms with Gasteiger partial charge in [0.05, 0.1) is 16.4 Å². The quantitative estimate of drug-likeness (QED) is 0.605. The van der Waals surface area contributed by atoms with Crippen molar-refractivity contribution in [2.75, 3.05) is 28.7 Å². The molecule has 0 radical (unpaired) electrons. The molecule has 0 aliphatic carbocycles. The molecule has 7 nitrogen and oxygen atoms in total. The summed E-state index contributed by atoms with van der Waals surface area (Å²) in [6.45, 7) is 2.54. The average molecular weight is 439 g/mol. The van der Waals surface area contributed by atoms with Gasteiger partial charge in [0, 0.05) is 16.9 Å². The van der Waals surface area contributed by atoms with Crippen LogP contribution >= 0.6 is 11.3 Å². The van der Waals surface area contributed by atoms with Gasteiger partial charge in [-0.05, 0) is 55.0 Å². The molecule has 4 rings (SSSR count). The number of rotatable bonds is 5. The minimum Gasteiger partial charge on any atom is -0.447 e. The number of halogens is 1. The van der Waals surface area contributed by atoms with Crippen molar-refractivity contribution in [3.8, 4) is 0 Å². The van der Waals surface area contributed by atoms with Crippen LogP contribution in [-0.4, -0.2) is 31.1 Å². The molecule has 0 bridgehead atoms. The number of anilines is 3. The summed E-state index contributed by atoms with van der Waals surface area (Å²) < 4.78 is 18.3. The molecule has 2 N–H and O–H groups in total. The van der Waals surface area contributed by atoms with E-state index in [0.717, 1.165) is 17.4 Å². The van der Waals surface area contributed by atoms with Crippen LogP contribution in [0, 0.1) is 12.7 Å². The third-order valence-corrected chi connectivity index (χ3v) is 5.78. The van der Waals surface area contributed by atoms with Crippen molar-refractivity contribution < 1.29 is 23.5 Å². The first-order valence-corrected chi connectivity index (χ1v) is 10.3. The second kappa shape index (κ2) is 8.57. The predicted octanol–water partition coefficient (Wildman–Crippen LogP) is 4.66. The number of cyclic esters (lactones) is 1. The lowest BCUT2D eigenvalue weighted by Crippen LogP contribution is -2.23. The average Bonchev–Trinajstić information content (AvgIpc) is 3.33. The molecule has 2 heterocycles. The van der Waals surface area contributed by atoms with Crippen molar-refractivity contribution in [1.29, 1.82) is 0 Å². The van der Waals surface area contributed by atoms with Crippen LogP contribution in [0.15, 0.2) is 54.6 Å². The molecule has 1 aliphatic heterocycles. The molecule has 31 heavy (non-hydrogen) atoms. The van der Waals surface area contributed by atoms with E-state index in [4.69, 9.17) is 4.74 Å². The standard InChI is InChI=1S/C22H18FN3O4S/c1-13-10-18(25-20(27)14-4-2-5-15(23)11-14)31-19(13)21(28)24-16-6-3-7-17(12-16)26-8-9-30-22(26)29/h2-7,10-12H,8-9H2,1H3,(H,24,28)(H,25,27). The highest BCUT2D eigenvalue weighted by molar-refractivity contribution is 7.18. The van der Waals surface area contributed by atoms with Crippen molar-refractivity contribution in [1.82, 2.24) is 0 Å². The summed E-state index contributed by atoms with van der Waals surface area (Å²) in [6.07, 6.45) is -0.420. The van der Waals surface area contributed by atoms with Crippen LogP contribution in [-0.2, 0) is 4.74 Å². The fraction of sp³-hybridized carbons (Fsp3) is 0.136. The molecule has 1 aromatic heterocycles. The Morgan fingerprint density at radius 1 is 1.06 bits per heavy atom. The highest BCUT2D eigenvalue weighted by Gasteiger charge is 2.24. The number of carbonyl (C=O) groups excluding carboxylic acids is 3. The van der Waals surface area contributed by atoms with Crippen LogP contribution in [0.1, 0.15) is 25.6 Å². The van der Waals surface area contributed by atoms with Gasteiger partial charge in [0.15, 0.2) is 0 Å². The Balaban J connectivity index is 1.47. The summed E-state index contributed by atoms with van der Waals surface area (Å²) in [6, 6.07) is 14.0. The molecule has 158 valence electrons.